The Labute approximate surface area is 181 Å². The molecule has 0 aromatic heterocycles. The van der Waals surface area contributed by atoms with Crippen LogP contribution in [0.2, 0.25) is 0 Å². The summed E-state index contributed by atoms with van der Waals surface area (Å²) in [6, 6.07) is 12.9. The second kappa shape index (κ2) is 8.10. The topological polar surface area (TPSA) is 119 Å². The highest BCUT2D eigenvalue weighted by Gasteiger charge is 2.45. The average Bonchev–Trinajstić information content (AvgIpc) is 3.53. The van der Waals surface area contributed by atoms with Gasteiger partial charge in [0, 0.05) is 13.2 Å². The smallest absolute Gasteiger partial charge is 0.262 e. The highest BCUT2D eigenvalue weighted by atomic mass is 16.2. The van der Waals surface area contributed by atoms with E-state index in [-0.39, 0.29) is 37.4 Å². The maximum Gasteiger partial charge on any atom is 0.262 e. The van der Waals surface area contributed by atoms with Crippen LogP contribution in [0.15, 0.2) is 60.4 Å². The van der Waals surface area contributed by atoms with E-state index >= 15 is 0 Å². The zero-order chi connectivity index (χ0) is 22.1. The van der Waals surface area contributed by atoms with Crippen molar-refractivity contribution >= 4 is 23.4 Å². The van der Waals surface area contributed by atoms with E-state index in [1.54, 1.807) is 18.2 Å². The summed E-state index contributed by atoms with van der Waals surface area (Å²) in [5, 5.41) is 2.61. The Balaban J connectivity index is 0.00000289. The lowest BCUT2D eigenvalue weighted by molar-refractivity contribution is -0.119. The summed E-state index contributed by atoms with van der Waals surface area (Å²) in [6.45, 7) is 1.84. The Hall–Kier alpha value is -3.87. The molecule has 2 aromatic carbocycles. The van der Waals surface area contributed by atoms with Crippen LogP contribution >= 0.6 is 0 Å². The predicted octanol–water partition coefficient (Wildman–Crippen LogP) is 2.46. The molecule has 0 bridgehead atoms. The fourth-order valence-electron chi connectivity index (χ4n) is 3.76. The number of fused-ring (bicyclic) bond motifs is 1. The Kier molecular flexibility index (Phi) is 5.33. The number of allylic oxidation sites excluding steroid dienone is 2. The minimum Gasteiger partial charge on any atom is -0.398 e. The van der Waals surface area contributed by atoms with Gasteiger partial charge in [-0.15, -0.1) is 0 Å². The van der Waals surface area contributed by atoms with Gasteiger partial charge in [0.25, 0.3) is 11.8 Å². The number of benzene rings is 2. The summed E-state index contributed by atoms with van der Waals surface area (Å²) in [4.78, 5) is 39.4. The first-order valence-electron chi connectivity index (χ1n) is 10.1. The van der Waals surface area contributed by atoms with Gasteiger partial charge in [0.1, 0.15) is 5.82 Å². The number of nitrogens with two attached hydrogens (primary N) is 2. The Bertz CT molecular complexity index is 1140. The lowest BCUT2D eigenvalue weighted by atomic mass is 9.97. The van der Waals surface area contributed by atoms with Gasteiger partial charge in [-0.25, -0.2) is 0 Å². The van der Waals surface area contributed by atoms with Crippen molar-refractivity contribution < 1.29 is 15.8 Å². The van der Waals surface area contributed by atoms with Gasteiger partial charge in [-0.3, -0.25) is 19.3 Å². The van der Waals surface area contributed by atoms with Gasteiger partial charge in [-0.05, 0) is 54.7 Å². The largest absolute Gasteiger partial charge is 0.398 e. The van der Waals surface area contributed by atoms with Gasteiger partial charge >= 0.3 is 0 Å². The number of amides is 3. The zero-order valence-electron chi connectivity index (χ0n) is 17.2. The lowest BCUT2D eigenvalue weighted by Gasteiger charge is -2.12. The summed E-state index contributed by atoms with van der Waals surface area (Å²) in [6.07, 6.45) is 4.74. The third kappa shape index (κ3) is 4.21. The lowest BCUT2D eigenvalue weighted by Crippen LogP contribution is -2.32. The molecule has 0 unspecified atom stereocenters. The van der Waals surface area contributed by atoms with Gasteiger partial charge in [0.2, 0.25) is 5.91 Å². The summed E-state index contributed by atoms with van der Waals surface area (Å²) >= 11 is 0. The zero-order valence-corrected chi connectivity index (χ0v) is 17.2. The van der Waals surface area contributed by atoms with E-state index in [0.29, 0.717) is 22.4 Å². The highest BCUT2D eigenvalue weighted by Crippen LogP contribution is 2.36. The first kappa shape index (κ1) is 20.4. The minimum absolute atomic E-state index is 0. The van der Waals surface area contributed by atoms with Gasteiger partial charge in [-0.2, -0.15) is 0 Å². The van der Waals surface area contributed by atoms with Crippen LogP contribution in [0.25, 0.3) is 5.70 Å². The molecular formula is C24H26N4O3. The van der Waals surface area contributed by atoms with Crippen molar-refractivity contribution in [1.82, 2.24) is 10.2 Å². The number of aryl methyl sites for hydroxylation is 1. The molecule has 3 amide bonds. The van der Waals surface area contributed by atoms with Gasteiger partial charge in [-0.1, -0.05) is 36.4 Å². The molecule has 0 spiro atoms. The van der Waals surface area contributed by atoms with E-state index in [2.05, 4.69) is 5.32 Å². The molecule has 0 saturated heterocycles. The highest BCUT2D eigenvalue weighted by molar-refractivity contribution is 6.22. The molecule has 5 N–H and O–H groups in total. The number of imide groups is 1. The second-order valence-electron chi connectivity index (χ2n) is 7.89. The van der Waals surface area contributed by atoms with Crippen LogP contribution in [-0.2, 0) is 11.2 Å². The molecule has 31 heavy (non-hydrogen) atoms. The maximum absolute atomic E-state index is 12.9. The van der Waals surface area contributed by atoms with Crippen molar-refractivity contribution in [3.63, 3.8) is 0 Å². The molecule has 1 fully saturated rings. The minimum atomic E-state index is -0.377. The van der Waals surface area contributed by atoms with Gasteiger partial charge in [0.05, 0.1) is 17.5 Å². The van der Waals surface area contributed by atoms with E-state index in [9.17, 15) is 14.4 Å². The van der Waals surface area contributed by atoms with E-state index in [1.165, 1.54) is 11.0 Å². The molecule has 0 atom stereocenters. The van der Waals surface area contributed by atoms with Crippen LogP contribution < -0.4 is 16.8 Å². The molecule has 1 heterocycles. The van der Waals surface area contributed by atoms with Crippen LogP contribution in [0.4, 0.5) is 0 Å². The Morgan fingerprint density at radius 2 is 1.84 bits per heavy atom. The van der Waals surface area contributed by atoms with Crippen molar-refractivity contribution in [3.05, 3.63) is 88.3 Å². The molecule has 1 aliphatic heterocycles. The quantitative estimate of drug-likeness (QED) is 0.492. The molecule has 4 rings (SSSR count). The van der Waals surface area contributed by atoms with Crippen molar-refractivity contribution in [3.8, 4) is 0 Å². The van der Waals surface area contributed by atoms with E-state index in [4.69, 9.17) is 11.5 Å². The van der Waals surface area contributed by atoms with Crippen molar-refractivity contribution in [2.45, 2.75) is 32.2 Å². The molecule has 2 aliphatic rings. The third-order valence-electron chi connectivity index (χ3n) is 5.34. The fourth-order valence-corrected chi connectivity index (χ4v) is 3.76. The first-order valence-corrected chi connectivity index (χ1v) is 10.1. The van der Waals surface area contributed by atoms with Crippen molar-refractivity contribution in [2.24, 2.45) is 11.5 Å². The molecule has 1 aliphatic carbocycles. The Morgan fingerprint density at radius 1 is 1.13 bits per heavy atom. The maximum atomic E-state index is 12.9. The third-order valence-corrected chi connectivity index (χ3v) is 5.34. The summed E-state index contributed by atoms with van der Waals surface area (Å²) in [5.74, 6) is -0.824. The monoisotopic (exact) mass is 418 g/mol. The van der Waals surface area contributed by atoms with Crippen LogP contribution in [0.1, 0.15) is 51.7 Å². The SMILES string of the molecule is Cc1cc(CC(=O)N/C(N)=C/C=C(\N)c2ccccc2)c2c(c1)C(=O)N(C1CC1)C2=O.[HH]. The molecule has 160 valence electrons. The normalized spacial score (nSPS) is 16.5. The molecule has 2 aromatic rings. The summed E-state index contributed by atoms with van der Waals surface area (Å²) in [5.41, 5.74) is 15.3. The van der Waals surface area contributed by atoms with Crippen molar-refractivity contribution in [2.75, 3.05) is 0 Å². The number of nitrogens with zero attached hydrogens (tertiary/aromatic N) is 1. The van der Waals surface area contributed by atoms with E-state index in [0.717, 1.165) is 24.0 Å². The summed E-state index contributed by atoms with van der Waals surface area (Å²) in [7, 11) is 0. The van der Waals surface area contributed by atoms with Crippen LogP contribution in [0.3, 0.4) is 0 Å². The van der Waals surface area contributed by atoms with Crippen LogP contribution in [0, 0.1) is 6.92 Å². The fraction of sp³-hybridized carbons (Fsp3) is 0.208. The first-order chi connectivity index (χ1) is 14.8. The van der Waals surface area contributed by atoms with Gasteiger partial charge in [0.15, 0.2) is 0 Å². The standard InChI is InChI=1S/C24H24N4O3.H2/c1-14-11-16(22-18(12-14)23(30)28(24(22)31)17-7-8-17)13-21(29)27-20(26)10-9-19(25)15-5-3-2-4-6-15;/h2-6,9-12,17H,7-8,13,25-26H2,1H3,(H,27,29);1H/b19-9-,20-10+;. The van der Waals surface area contributed by atoms with Crippen LogP contribution in [0.5, 0.6) is 0 Å². The Morgan fingerprint density at radius 3 is 2.52 bits per heavy atom. The number of rotatable bonds is 6. The number of nitrogens with one attached hydrogen (secondary N) is 1. The molecular weight excluding hydrogens is 392 g/mol. The molecule has 7 nitrogen and oxygen atoms in total. The molecule has 0 radical (unpaired) electrons. The molecule has 1 saturated carbocycles. The van der Waals surface area contributed by atoms with E-state index < -0.39 is 0 Å². The second-order valence-corrected chi connectivity index (χ2v) is 7.89. The predicted molar refractivity (Wildman–Crippen MR) is 120 cm³/mol. The molecule has 7 heteroatoms. The van der Waals surface area contributed by atoms with Crippen molar-refractivity contribution in [1.29, 1.82) is 0 Å². The number of hydrogen-bond acceptors (Lipinski definition) is 5. The number of hydrogen-bond donors (Lipinski definition) is 3. The van der Waals surface area contributed by atoms with Gasteiger partial charge < -0.3 is 16.8 Å². The summed E-state index contributed by atoms with van der Waals surface area (Å²) < 4.78 is 0. The number of carbonyl (C=O) groups excluding carboxylic acids is 3. The number of carbonyl (C=O) groups is 3. The van der Waals surface area contributed by atoms with E-state index in [1.807, 2.05) is 37.3 Å². The average molecular weight is 418 g/mol. The van der Waals surface area contributed by atoms with Crippen LogP contribution in [-0.4, -0.2) is 28.7 Å².